The van der Waals surface area contributed by atoms with Gasteiger partial charge in [0.05, 0.1) is 5.71 Å². The van der Waals surface area contributed by atoms with Gasteiger partial charge in [-0.1, -0.05) is 6.92 Å². The van der Waals surface area contributed by atoms with Crippen LogP contribution in [0.5, 0.6) is 0 Å². The van der Waals surface area contributed by atoms with E-state index >= 15 is 0 Å². The van der Waals surface area contributed by atoms with E-state index in [9.17, 15) is 4.79 Å². The zero-order chi connectivity index (χ0) is 8.15. The lowest BCUT2D eigenvalue weighted by atomic mass is 10.2. The smallest absolute Gasteiger partial charge is 0.173 e. The first-order chi connectivity index (χ1) is 4.57. The molecule has 0 bridgehead atoms. The maximum Gasteiger partial charge on any atom is 0.173 e. The zero-order valence-electron chi connectivity index (χ0n) is 7.14. The summed E-state index contributed by atoms with van der Waals surface area (Å²) in [6, 6.07) is 0.281. The number of rotatable bonds is 3. The molecule has 1 unspecified atom stereocenters. The molecule has 0 aromatic rings. The first-order valence-electron chi connectivity index (χ1n) is 3.63. The Balaban J connectivity index is 4.02. The van der Waals surface area contributed by atoms with Gasteiger partial charge >= 0.3 is 0 Å². The Hall–Kier alpha value is -0.660. The van der Waals surface area contributed by atoms with Crippen LogP contribution in [0.4, 0.5) is 0 Å². The normalized spacial score (nSPS) is 15.0. The van der Waals surface area contributed by atoms with Gasteiger partial charge in [0, 0.05) is 13.0 Å². The summed E-state index contributed by atoms with van der Waals surface area (Å²) in [5.74, 6) is 0.0697. The van der Waals surface area contributed by atoms with Crippen molar-refractivity contribution >= 4 is 11.5 Å². The minimum absolute atomic E-state index is 0.0697. The highest BCUT2D eigenvalue weighted by atomic mass is 16.1. The van der Waals surface area contributed by atoms with Crippen molar-refractivity contribution in [2.45, 2.75) is 40.2 Å². The molecule has 0 aromatic heterocycles. The quantitative estimate of drug-likeness (QED) is 0.551. The number of carbonyl (C=O) groups excluding carboxylic acids is 1. The van der Waals surface area contributed by atoms with Gasteiger partial charge in [-0.2, -0.15) is 0 Å². The van der Waals surface area contributed by atoms with Gasteiger partial charge in [0.25, 0.3) is 0 Å². The lowest BCUT2D eigenvalue weighted by Gasteiger charge is -2.01. The fraction of sp³-hybridized carbons (Fsp3) is 0.750. The monoisotopic (exact) mass is 141 g/mol. The number of hydrogen-bond acceptors (Lipinski definition) is 2. The summed E-state index contributed by atoms with van der Waals surface area (Å²) in [4.78, 5) is 14.8. The summed E-state index contributed by atoms with van der Waals surface area (Å²) in [5.41, 5.74) is 0.634. The predicted octanol–water partition coefficient (Wildman–Crippen LogP) is 1.83. The average molecular weight is 141 g/mol. The van der Waals surface area contributed by atoms with E-state index < -0.39 is 0 Å². The van der Waals surface area contributed by atoms with Gasteiger partial charge in [-0.05, 0) is 20.3 Å². The van der Waals surface area contributed by atoms with Gasteiger partial charge in [-0.25, -0.2) is 0 Å². The van der Waals surface area contributed by atoms with E-state index in [4.69, 9.17) is 0 Å². The third kappa shape index (κ3) is 3.38. The number of Topliss-reactive ketones (excluding diaryl/α,β-unsaturated/α-hetero) is 1. The van der Waals surface area contributed by atoms with Crippen LogP contribution in [0.15, 0.2) is 4.99 Å². The molecule has 0 aromatic carbocycles. The Bertz CT molecular complexity index is 149. The van der Waals surface area contributed by atoms with Crippen molar-refractivity contribution in [2.24, 2.45) is 4.99 Å². The van der Waals surface area contributed by atoms with Crippen LogP contribution in [0.1, 0.15) is 34.1 Å². The molecule has 0 N–H and O–H groups in total. The molecule has 0 aliphatic heterocycles. The van der Waals surface area contributed by atoms with Crippen molar-refractivity contribution in [1.29, 1.82) is 0 Å². The second-order valence-corrected chi connectivity index (χ2v) is 2.53. The predicted molar refractivity (Wildman–Crippen MR) is 43.5 cm³/mol. The minimum atomic E-state index is 0.0697. The van der Waals surface area contributed by atoms with E-state index in [-0.39, 0.29) is 11.8 Å². The highest BCUT2D eigenvalue weighted by molar-refractivity contribution is 6.38. The number of carbonyl (C=O) groups is 1. The van der Waals surface area contributed by atoms with Crippen LogP contribution in [0.3, 0.4) is 0 Å². The Kier molecular flexibility index (Phi) is 3.93. The molecular weight excluding hydrogens is 126 g/mol. The van der Waals surface area contributed by atoms with Crippen LogP contribution >= 0.6 is 0 Å². The Morgan fingerprint density at radius 1 is 1.50 bits per heavy atom. The molecule has 0 aliphatic carbocycles. The van der Waals surface area contributed by atoms with Gasteiger partial charge < -0.3 is 0 Å². The molecule has 10 heavy (non-hydrogen) atoms. The Morgan fingerprint density at radius 2 is 2.00 bits per heavy atom. The van der Waals surface area contributed by atoms with Crippen LogP contribution in [-0.2, 0) is 4.79 Å². The zero-order valence-corrected chi connectivity index (χ0v) is 7.14. The fourth-order valence-corrected chi connectivity index (χ4v) is 0.513. The van der Waals surface area contributed by atoms with E-state index in [1.807, 2.05) is 6.92 Å². The molecular formula is C8H15NO. The van der Waals surface area contributed by atoms with E-state index in [0.29, 0.717) is 5.71 Å². The summed E-state index contributed by atoms with van der Waals surface area (Å²) in [6.45, 7) is 7.36. The molecule has 0 fully saturated rings. The standard InChI is InChI=1S/C8H15NO/c1-5-6(2)9-7(3)8(4)10/h6H,5H2,1-4H3. The van der Waals surface area contributed by atoms with E-state index in [2.05, 4.69) is 11.9 Å². The van der Waals surface area contributed by atoms with Gasteiger partial charge in [-0.15, -0.1) is 0 Å². The molecule has 58 valence electrons. The maximum atomic E-state index is 10.7. The van der Waals surface area contributed by atoms with Gasteiger partial charge in [0.1, 0.15) is 0 Å². The average Bonchev–Trinajstić information content (AvgIpc) is 1.87. The number of nitrogens with zero attached hydrogens (tertiary/aromatic N) is 1. The molecule has 2 heteroatoms. The number of hydrogen-bond donors (Lipinski definition) is 0. The van der Waals surface area contributed by atoms with Crippen molar-refractivity contribution in [2.75, 3.05) is 0 Å². The second kappa shape index (κ2) is 4.20. The molecule has 0 heterocycles. The SMILES string of the molecule is CCC(C)N=C(C)C(C)=O. The van der Waals surface area contributed by atoms with Crippen molar-refractivity contribution in [3.05, 3.63) is 0 Å². The molecule has 0 saturated heterocycles. The van der Waals surface area contributed by atoms with Crippen molar-refractivity contribution in [1.82, 2.24) is 0 Å². The highest BCUT2D eigenvalue weighted by Gasteiger charge is 1.99. The minimum Gasteiger partial charge on any atom is -0.293 e. The van der Waals surface area contributed by atoms with E-state index in [0.717, 1.165) is 6.42 Å². The number of aliphatic imine (C=N–C) groups is 1. The van der Waals surface area contributed by atoms with Crippen molar-refractivity contribution in [3.63, 3.8) is 0 Å². The molecule has 0 radical (unpaired) electrons. The third-order valence-corrected chi connectivity index (χ3v) is 1.51. The van der Waals surface area contributed by atoms with Gasteiger partial charge in [0.2, 0.25) is 0 Å². The summed E-state index contributed by atoms with van der Waals surface area (Å²) in [5, 5.41) is 0. The van der Waals surface area contributed by atoms with Crippen LogP contribution in [0.2, 0.25) is 0 Å². The molecule has 0 aliphatic rings. The summed E-state index contributed by atoms with van der Waals surface area (Å²) < 4.78 is 0. The molecule has 0 saturated carbocycles. The summed E-state index contributed by atoms with van der Waals surface area (Å²) in [6.07, 6.45) is 0.991. The van der Waals surface area contributed by atoms with Crippen LogP contribution in [-0.4, -0.2) is 17.5 Å². The number of ketones is 1. The van der Waals surface area contributed by atoms with E-state index in [1.54, 1.807) is 13.8 Å². The third-order valence-electron chi connectivity index (χ3n) is 1.51. The summed E-state index contributed by atoms with van der Waals surface area (Å²) in [7, 11) is 0. The van der Waals surface area contributed by atoms with Gasteiger partial charge in [-0.3, -0.25) is 9.79 Å². The van der Waals surface area contributed by atoms with Gasteiger partial charge in [0.15, 0.2) is 5.78 Å². The first kappa shape index (κ1) is 9.34. The lowest BCUT2D eigenvalue weighted by Crippen LogP contribution is -2.08. The van der Waals surface area contributed by atoms with Crippen LogP contribution in [0.25, 0.3) is 0 Å². The lowest BCUT2D eigenvalue weighted by molar-refractivity contribution is -0.111. The Morgan fingerprint density at radius 3 is 2.30 bits per heavy atom. The fourth-order valence-electron chi connectivity index (χ4n) is 0.513. The van der Waals surface area contributed by atoms with E-state index in [1.165, 1.54) is 0 Å². The molecule has 0 spiro atoms. The molecule has 1 atom stereocenters. The largest absolute Gasteiger partial charge is 0.293 e. The molecule has 2 nitrogen and oxygen atoms in total. The van der Waals surface area contributed by atoms with Crippen molar-refractivity contribution < 1.29 is 4.79 Å². The van der Waals surface area contributed by atoms with Crippen LogP contribution in [0, 0.1) is 0 Å². The molecule has 0 rings (SSSR count). The molecule has 0 amide bonds. The second-order valence-electron chi connectivity index (χ2n) is 2.53. The Labute approximate surface area is 62.4 Å². The first-order valence-corrected chi connectivity index (χ1v) is 3.63. The maximum absolute atomic E-state index is 10.7. The van der Waals surface area contributed by atoms with Crippen LogP contribution < -0.4 is 0 Å². The summed E-state index contributed by atoms with van der Waals surface area (Å²) >= 11 is 0. The topological polar surface area (TPSA) is 29.4 Å². The van der Waals surface area contributed by atoms with Crippen molar-refractivity contribution in [3.8, 4) is 0 Å². The highest BCUT2D eigenvalue weighted by Crippen LogP contribution is 1.95.